The molecule has 1 N–H and O–H groups in total. The third-order valence-electron chi connectivity index (χ3n) is 3.35. The molecule has 0 aliphatic carbocycles. The molecule has 0 fully saturated rings. The van der Waals surface area contributed by atoms with Crippen molar-refractivity contribution in [2.45, 2.75) is 6.42 Å². The van der Waals surface area contributed by atoms with Crippen molar-refractivity contribution in [2.75, 3.05) is 13.2 Å². The number of fused-ring (bicyclic) bond motifs is 1. The predicted molar refractivity (Wildman–Crippen MR) is 83.5 cm³/mol. The Balaban J connectivity index is 1.85. The van der Waals surface area contributed by atoms with Gasteiger partial charge < -0.3 is 14.6 Å². The minimum atomic E-state index is -0.178. The molecule has 0 bridgehead atoms. The van der Waals surface area contributed by atoms with Crippen LogP contribution in [-0.2, 0) is 0 Å². The summed E-state index contributed by atoms with van der Waals surface area (Å²) < 4.78 is 11.3. The Kier molecular flexibility index (Phi) is 4.10. The number of aromatic hydroxyl groups is 1. The molecule has 0 unspecified atom stereocenters. The SMILES string of the molecule is O=C(C=Cc1cccc2c1OCCCO2)c1cccc(O)c1. The number of rotatable bonds is 3. The number of hydrogen-bond donors (Lipinski definition) is 1. The zero-order valence-electron chi connectivity index (χ0n) is 12.0. The Hall–Kier alpha value is -2.75. The van der Waals surface area contributed by atoms with E-state index in [1.54, 1.807) is 18.2 Å². The first-order valence-corrected chi connectivity index (χ1v) is 7.14. The molecule has 0 saturated carbocycles. The Labute approximate surface area is 128 Å². The van der Waals surface area contributed by atoms with Crippen LogP contribution < -0.4 is 9.47 Å². The fourth-order valence-electron chi connectivity index (χ4n) is 2.27. The molecule has 4 nitrogen and oxygen atoms in total. The zero-order valence-corrected chi connectivity index (χ0v) is 12.0. The number of carbonyl (C=O) groups is 1. The highest BCUT2D eigenvalue weighted by atomic mass is 16.5. The number of carbonyl (C=O) groups excluding carboxylic acids is 1. The van der Waals surface area contributed by atoms with Crippen LogP contribution in [0.1, 0.15) is 22.3 Å². The molecule has 0 saturated heterocycles. The normalized spacial score (nSPS) is 13.8. The maximum absolute atomic E-state index is 12.1. The minimum Gasteiger partial charge on any atom is -0.508 e. The van der Waals surface area contributed by atoms with Gasteiger partial charge in [0, 0.05) is 17.5 Å². The lowest BCUT2D eigenvalue weighted by Gasteiger charge is -2.09. The molecule has 2 aromatic rings. The number of hydrogen-bond acceptors (Lipinski definition) is 4. The van der Waals surface area contributed by atoms with Crippen molar-refractivity contribution in [3.8, 4) is 17.2 Å². The van der Waals surface area contributed by atoms with Gasteiger partial charge in [-0.25, -0.2) is 0 Å². The van der Waals surface area contributed by atoms with Gasteiger partial charge in [-0.15, -0.1) is 0 Å². The Bertz CT molecular complexity index is 719. The van der Waals surface area contributed by atoms with Crippen LogP contribution in [0.5, 0.6) is 17.2 Å². The van der Waals surface area contributed by atoms with Crippen LogP contribution in [0, 0.1) is 0 Å². The molecule has 0 radical (unpaired) electrons. The lowest BCUT2D eigenvalue weighted by Crippen LogP contribution is -1.98. The van der Waals surface area contributed by atoms with Crippen molar-refractivity contribution in [3.63, 3.8) is 0 Å². The summed E-state index contributed by atoms with van der Waals surface area (Å²) in [5.74, 6) is 1.26. The van der Waals surface area contributed by atoms with Crippen molar-refractivity contribution in [1.29, 1.82) is 0 Å². The van der Waals surface area contributed by atoms with E-state index >= 15 is 0 Å². The largest absolute Gasteiger partial charge is 0.508 e. The van der Waals surface area contributed by atoms with E-state index in [1.807, 2.05) is 18.2 Å². The van der Waals surface area contributed by atoms with Crippen LogP contribution in [0.15, 0.2) is 48.5 Å². The third kappa shape index (κ3) is 3.11. The van der Waals surface area contributed by atoms with Crippen molar-refractivity contribution >= 4 is 11.9 Å². The van der Waals surface area contributed by atoms with Gasteiger partial charge in [0.1, 0.15) is 5.75 Å². The van der Waals surface area contributed by atoms with Gasteiger partial charge in [0.15, 0.2) is 17.3 Å². The number of ether oxygens (including phenoxy) is 2. The lowest BCUT2D eigenvalue weighted by molar-refractivity contribution is 0.104. The van der Waals surface area contributed by atoms with Gasteiger partial charge in [-0.1, -0.05) is 24.3 Å². The molecule has 22 heavy (non-hydrogen) atoms. The molecule has 0 spiro atoms. The molecular formula is C18H16O4. The molecule has 2 aromatic carbocycles. The second kappa shape index (κ2) is 6.35. The highest BCUT2D eigenvalue weighted by Gasteiger charge is 2.13. The summed E-state index contributed by atoms with van der Waals surface area (Å²) in [6, 6.07) is 11.9. The molecule has 1 heterocycles. The van der Waals surface area contributed by atoms with E-state index in [2.05, 4.69) is 0 Å². The Morgan fingerprint density at radius 1 is 1.09 bits per heavy atom. The number of phenols is 1. The summed E-state index contributed by atoms with van der Waals surface area (Å²) in [5.41, 5.74) is 1.24. The molecule has 0 atom stereocenters. The second-order valence-corrected chi connectivity index (χ2v) is 4.97. The predicted octanol–water partition coefficient (Wildman–Crippen LogP) is 3.45. The maximum Gasteiger partial charge on any atom is 0.185 e. The van der Waals surface area contributed by atoms with E-state index in [-0.39, 0.29) is 11.5 Å². The number of para-hydroxylation sites is 1. The first-order valence-electron chi connectivity index (χ1n) is 7.14. The van der Waals surface area contributed by atoms with E-state index in [1.165, 1.54) is 18.2 Å². The molecule has 1 aliphatic heterocycles. The summed E-state index contributed by atoms with van der Waals surface area (Å²) in [6.45, 7) is 1.22. The van der Waals surface area contributed by atoms with Crippen LogP contribution in [0.25, 0.3) is 6.08 Å². The first-order chi connectivity index (χ1) is 10.7. The van der Waals surface area contributed by atoms with E-state index in [9.17, 15) is 9.90 Å². The fraction of sp³-hybridized carbons (Fsp3) is 0.167. The molecular weight excluding hydrogens is 280 g/mol. The first kappa shape index (κ1) is 14.2. The van der Waals surface area contributed by atoms with Crippen LogP contribution >= 0.6 is 0 Å². The van der Waals surface area contributed by atoms with Gasteiger partial charge in [-0.05, 0) is 30.4 Å². The minimum absolute atomic E-state index is 0.0737. The molecule has 4 heteroatoms. The number of phenolic OH excluding ortho intramolecular Hbond substituents is 1. The summed E-state index contributed by atoms with van der Waals surface area (Å²) in [5, 5.41) is 9.42. The fourth-order valence-corrected chi connectivity index (χ4v) is 2.27. The van der Waals surface area contributed by atoms with Crippen molar-refractivity contribution in [3.05, 3.63) is 59.7 Å². The van der Waals surface area contributed by atoms with Crippen LogP contribution in [-0.4, -0.2) is 24.1 Å². The number of allylic oxidation sites excluding steroid dienone is 1. The van der Waals surface area contributed by atoms with Gasteiger partial charge in [0.25, 0.3) is 0 Å². The van der Waals surface area contributed by atoms with E-state index < -0.39 is 0 Å². The average molecular weight is 296 g/mol. The van der Waals surface area contributed by atoms with Gasteiger partial charge in [-0.3, -0.25) is 4.79 Å². The highest BCUT2D eigenvalue weighted by Crippen LogP contribution is 2.34. The Morgan fingerprint density at radius 3 is 2.77 bits per heavy atom. The maximum atomic E-state index is 12.1. The van der Waals surface area contributed by atoms with Crippen LogP contribution in [0.3, 0.4) is 0 Å². The summed E-state index contributed by atoms with van der Waals surface area (Å²) in [4.78, 5) is 12.1. The standard InChI is InChI=1S/C18H16O4/c19-15-6-1-5-14(12-15)16(20)9-8-13-4-2-7-17-18(13)22-11-3-10-21-17/h1-2,4-9,12,19H,3,10-11H2. The monoisotopic (exact) mass is 296 g/mol. The number of benzene rings is 2. The molecule has 112 valence electrons. The van der Waals surface area contributed by atoms with Gasteiger partial charge in [0.05, 0.1) is 13.2 Å². The van der Waals surface area contributed by atoms with Crippen LogP contribution in [0.2, 0.25) is 0 Å². The average Bonchev–Trinajstić information content (AvgIpc) is 2.78. The van der Waals surface area contributed by atoms with E-state index in [0.29, 0.717) is 30.3 Å². The summed E-state index contributed by atoms with van der Waals surface area (Å²) in [7, 11) is 0. The Morgan fingerprint density at radius 2 is 1.91 bits per heavy atom. The van der Waals surface area contributed by atoms with Gasteiger partial charge >= 0.3 is 0 Å². The molecule has 0 aromatic heterocycles. The van der Waals surface area contributed by atoms with E-state index in [4.69, 9.17) is 9.47 Å². The summed E-state index contributed by atoms with van der Waals surface area (Å²) >= 11 is 0. The molecule has 0 amide bonds. The zero-order chi connectivity index (χ0) is 15.4. The van der Waals surface area contributed by atoms with Gasteiger partial charge in [0.2, 0.25) is 0 Å². The van der Waals surface area contributed by atoms with Crippen molar-refractivity contribution in [2.24, 2.45) is 0 Å². The quantitative estimate of drug-likeness (QED) is 0.696. The summed E-state index contributed by atoms with van der Waals surface area (Å²) in [6.07, 6.45) is 4.01. The lowest BCUT2D eigenvalue weighted by atomic mass is 10.1. The third-order valence-corrected chi connectivity index (χ3v) is 3.35. The second-order valence-electron chi connectivity index (χ2n) is 4.97. The van der Waals surface area contributed by atoms with Crippen molar-refractivity contribution in [1.82, 2.24) is 0 Å². The molecule has 1 aliphatic rings. The van der Waals surface area contributed by atoms with Crippen molar-refractivity contribution < 1.29 is 19.4 Å². The smallest absolute Gasteiger partial charge is 0.185 e. The highest BCUT2D eigenvalue weighted by molar-refractivity contribution is 6.07. The topological polar surface area (TPSA) is 55.8 Å². The molecule has 3 rings (SSSR count). The van der Waals surface area contributed by atoms with E-state index in [0.717, 1.165) is 12.0 Å². The van der Waals surface area contributed by atoms with Crippen LogP contribution in [0.4, 0.5) is 0 Å². The van der Waals surface area contributed by atoms with Gasteiger partial charge in [-0.2, -0.15) is 0 Å². The number of ketones is 1.